The Balaban J connectivity index is 2.28. The van der Waals surface area contributed by atoms with Crippen LogP contribution in [-0.2, 0) is 4.79 Å². The highest BCUT2D eigenvalue weighted by Gasteiger charge is 2.21. The maximum atomic E-state index is 11.8. The molecular weight excluding hydrogens is 268 g/mol. The SMILES string of the molecule is COc1ccc(NC(C(N)=O)c2ccccc2OC)cc1. The largest absolute Gasteiger partial charge is 0.497 e. The summed E-state index contributed by atoms with van der Waals surface area (Å²) in [6.45, 7) is 0. The zero-order chi connectivity index (χ0) is 15.2. The van der Waals surface area contributed by atoms with Crippen LogP contribution in [0.4, 0.5) is 5.69 Å². The van der Waals surface area contributed by atoms with E-state index in [-0.39, 0.29) is 0 Å². The smallest absolute Gasteiger partial charge is 0.244 e. The molecule has 0 heterocycles. The van der Waals surface area contributed by atoms with E-state index in [4.69, 9.17) is 15.2 Å². The standard InChI is InChI=1S/C16H18N2O3/c1-20-12-9-7-11(8-10-12)18-15(16(17)19)13-5-3-4-6-14(13)21-2/h3-10,15,18H,1-2H3,(H2,17,19). The molecule has 5 nitrogen and oxygen atoms in total. The fraction of sp³-hybridized carbons (Fsp3) is 0.188. The maximum Gasteiger partial charge on any atom is 0.244 e. The number of carbonyl (C=O) groups is 1. The molecule has 0 spiro atoms. The summed E-state index contributed by atoms with van der Waals surface area (Å²) in [6, 6.07) is 13.9. The number of hydrogen-bond acceptors (Lipinski definition) is 4. The van der Waals surface area contributed by atoms with E-state index in [1.165, 1.54) is 0 Å². The molecule has 1 atom stereocenters. The first kappa shape index (κ1) is 14.7. The monoisotopic (exact) mass is 286 g/mol. The Labute approximate surface area is 123 Å². The quantitative estimate of drug-likeness (QED) is 0.855. The van der Waals surface area contributed by atoms with Crippen LogP contribution in [0.1, 0.15) is 11.6 Å². The van der Waals surface area contributed by atoms with E-state index in [0.717, 1.165) is 11.4 Å². The van der Waals surface area contributed by atoms with Gasteiger partial charge in [0.1, 0.15) is 17.5 Å². The lowest BCUT2D eigenvalue weighted by molar-refractivity contribution is -0.118. The minimum absolute atomic E-state index is 0.477. The Hall–Kier alpha value is -2.69. The van der Waals surface area contributed by atoms with E-state index in [9.17, 15) is 4.79 Å². The van der Waals surface area contributed by atoms with Crippen molar-refractivity contribution >= 4 is 11.6 Å². The van der Waals surface area contributed by atoms with Crippen molar-refractivity contribution < 1.29 is 14.3 Å². The molecule has 1 unspecified atom stereocenters. The van der Waals surface area contributed by atoms with Crippen LogP contribution in [0.25, 0.3) is 0 Å². The molecular formula is C16H18N2O3. The van der Waals surface area contributed by atoms with Crippen LogP contribution in [0.5, 0.6) is 11.5 Å². The number of carbonyl (C=O) groups excluding carboxylic acids is 1. The summed E-state index contributed by atoms with van der Waals surface area (Å²) in [7, 11) is 3.16. The summed E-state index contributed by atoms with van der Waals surface area (Å²) in [5.41, 5.74) is 6.98. The Morgan fingerprint density at radius 2 is 1.71 bits per heavy atom. The van der Waals surface area contributed by atoms with Crippen molar-refractivity contribution in [3.63, 3.8) is 0 Å². The molecule has 21 heavy (non-hydrogen) atoms. The van der Waals surface area contributed by atoms with Gasteiger partial charge in [-0.2, -0.15) is 0 Å². The van der Waals surface area contributed by atoms with Crippen LogP contribution < -0.4 is 20.5 Å². The lowest BCUT2D eigenvalue weighted by Gasteiger charge is -2.19. The first-order chi connectivity index (χ1) is 10.2. The molecule has 2 rings (SSSR count). The summed E-state index contributed by atoms with van der Waals surface area (Å²) in [5, 5.41) is 3.11. The third-order valence-electron chi connectivity index (χ3n) is 3.14. The van der Waals surface area contributed by atoms with E-state index in [1.54, 1.807) is 20.3 Å². The zero-order valence-corrected chi connectivity index (χ0v) is 12.0. The molecule has 0 bridgehead atoms. The van der Waals surface area contributed by atoms with E-state index in [1.807, 2.05) is 42.5 Å². The van der Waals surface area contributed by atoms with Crippen LogP contribution in [-0.4, -0.2) is 20.1 Å². The number of methoxy groups -OCH3 is 2. The molecule has 0 radical (unpaired) electrons. The van der Waals surface area contributed by atoms with Crippen LogP contribution in [0, 0.1) is 0 Å². The molecule has 0 aliphatic rings. The second-order valence-corrected chi connectivity index (χ2v) is 4.45. The second kappa shape index (κ2) is 6.65. The lowest BCUT2D eigenvalue weighted by Crippen LogP contribution is -2.28. The predicted molar refractivity (Wildman–Crippen MR) is 81.5 cm³/mol. The van der Waals surface area contributed by atoms with Crippen molar-refractivity contribution in [2.45, 2.75) is 6.04 Å². The van der Waals surface area contributed by atoms with Crippen molar-refractivity contribution in [1.29, 1.82) is 0 Å². The van der Waals surface area contributed by atoms with Gasteiger partial charge in [0.2, 0.25) is 5.91 Å². The fourth-order valence-corrected chi connectivity index (χ4v) is 2.06. The molecule has 2 aromatic rings. The molecule has 0 aromatic heterocycles. The van der Waals surface area contributed by atoms with E-state index in [0.29, 0.717) is 11.3 Å². The Bertz CT molecular complexity index is 611. The number of nitrogens with two attached hydrogens (primary N) is 1. The number of primary amides is 1. The topological polar surface area (TPSA) is 73.6 Å². The third kappa shape index (κ3) is 3.45. The molecule has 1 amide bonds. The van der Waals surface area contributed by atoms with Crippen molar-refractivity contribution in [2.24, 2.45) is 5.73 Å². The van der Waals surface area contributed by atoms with Crippen molar-refractivity contribution in [3.8, 4) is 11.5 Å². The van der Waals surface area contributed by atoms with E-state index < -0.39 is 11.9 Å². The number of anilines is 1. The molecule has 0 aliphatic carbocycles. The highest BCUT2D eigenvalue weighted by molar-refractivity contribution is 5.85. The first-order valence-electron chi connectivity index (χ1n) is 6.48. The van der Waals surface area contributed by atoms with Gasteiger partial charge >= 0.3 is 0 Å². The van der Waals surface area contributed by atoms with Crippen molar-refractivity contribution in [3.05, 3.63) is 54.1 Å². The lowest BCUT2D eigenvalue weighted by atomic mass is 10.0. The minimum atomic E-state index is -0.672. The molecule has 0 saturated carbocycles. The highest BCUT2D eigenvalue weighted by atomic mass is 16.5. The predicted octanol–water partition coefficient (Wildman–Crippen LogP) is 2.34. The number of benzene rings is 2. The molecule has 2 aromatic carbocycles. The molecule has 0 saturated heterocycles. The molecule has 110 valence electrons. The van der Waals surface area contributed by atoms with Crippen LogP contribution in [0.15, 0.2) is 48.5 Å². The number of amides is 1. The molecule has 0 fully saturated rings. The van der Waals surface area contributed by atoms with Crippen LogP contribution in [0.3, 0.4) is 0 Å². The maximum absolute atomic E-state index is 11.8. The number of rotatable bonds is 6. The molecule has 0 aliphatic heterocycles. The summed E-state index contributed by atoms with van der Waals surface area (Å²) in [5.74, 6) is 0.881. The van der Waals surface area contributed by atoms with Gasteiger partial charge in [-0.25, -0.2) is 0 Å². The number of nitrogens with one attached hydrogen (secondary N) is 1. The van der Waals surface area contributed by atoms with Gasteiger partial charge in [0.05, 0.1) is 14.2 Å². The second-order valence-electron chi connectivity index (χ2n) is 4.45. The Morgan fingerprint density at radius 3 is 2.29 bits per heavy atom. The zero-order valence-electron chi connectivity index (χ0n) is 12.0. The van der Waals surface area contributed by atoms with E-state index in [2.05, 4.69) is 5.32 Å². The summed E-state index contributed by atoms with van der Waals surface area (Å²) < 4.78 is 10.4. The first-order valence-corrected chi connectivity index (χ1v) is 6.48. The highest BCUT2D eigenvalue weighted by Crippen LogP contribution is 2.28. The van der Waals surface area contributed by atoms with E-state index >= 15 is 0 Å². The van der Waals surface area contributed by atoms with Gasteiger partial charge in [0.25, 0.3) is 0 Å². The molecule has 5 heteroatoms. The minimum Gasteiger partial charge on any atom is -0.497 e. The number of ether oxygens (including phenoxy) is 2. The fourth-order valence-electron chi connectivity index (χ4n) is 2.06. The number of para-hydroxylation sites is 1. The summed E-state index contributed by atoms with van der Waals surface area (Å²) >= 11 is 0. The average Bonchev–Trinajstić information content (AvgIpc) is 2.53. The van der Waals surface area contributed by atoms with Crippen molar-refractivity contribution in [2.75, 3.05) is 19.5 Å². The normalized spacial score (nSPS) is 11.5. The number of hydrogen-bond donors (Lipinski definition) is 2. The van der Waals surface area contributed by atoms with Gasteiger partial charge in [-0.15, -0.1) is 0 Å². The van der Waals surface area contributed by atoms with Gasteiger partial charge in [-0.05, 0) is 30.3 Å². The van der Waals surface area contributed by atoms with Gasteiger partial charge < -0.3 is 20.5 Å². The summed E-state index contributed by atoms with van der Waals surface area (Å²) in [6.07, 6.45) is 0. The van der Waals surface area contributed by atoms with Crippen LogP contribution in [0.2, 0.25) is 0 Å². The Kier molecular flexibility index (Phi) is 4.66. The molecule has 3 N–H and O–H groups in total. The van der Waals surface area contributed by atoms with Gasteiger partial charge in [0.15, 0.2) is 0 Å². The van der Waals surface area contributed by atoms with Crippen molar-refractivity contribution in [1.82, 2.24) is 0 Å². The Morgan fingerprint density at radius 1 is 1.05 bits per heavy atom. The van der Waals surface area contributed by atoms with Crippen LogP contribution >= 0.6 is 0 Å². The summed E-state index contributed by atoms with van der Waals surface area (Å²) in [4.78, 5) is 11.8. The third-order valence-corrected chi connectivity index (χ3v) is 3.14. The van der Waals surface area contributed by atoms with Gasteiger partial charge in [0, 0.05) is 11.3 Å². The van der Waals surface area contributed by atoms with Gasteiger partial charge in [-0.3, -0.25) is 4.79 Å². The average molecular weight is 286 g/mol. The van der Waals surface area contributed by atoms with Gasteiger partial charge in [-0.1, -0.05) is 18.2 Å².